The normalized spacial score (nSPS) is 10.2. The SMILES string of the molecule is O=C(COCCOc1ccccc1)c1ccccc1F. The third kappa shape index (κ3) is 4.17. The summed E-state index contributed by atoms with van der Waals surface area (Å²) in [5, 5.41) is 0. The van der Waals surface area contributed by atoms with Crippen LogP contribution in [0.2, 0.25) is 0 Å². The highest BCUT2D eigenvalue weighted by Gasteiger charge is 2.10. The van der Waals surface area contributed by atoms with Crippen molar-refractivity contribution in [2.45, 2.75) is 0 Å². The number of hydrogen-bond donors (Lipinski definition) is 0. The van der Waals surface area contributed by atoms with Crippen molar-refractivity contribution in [3.63, 3.8) is 0 Å². The van der Waals surface area contributed by atoms with Gasteiger partial charge in [0.2, 0.25) is 0 Å². The van der Waals surface area contributed by atoms with Crippen molar-refractivity contribution in [2.24, 2.45) is 0 Å². The van der Waals surface area contributed by atoms with E-state index in [-0.39, 0.29) is 24.6 Å². The van der Waals surface area contributed by atoms with Gasteiger partial charge < -0.3 is 9.47 Å². The first-order valence-electron chi connectivity index (χ1n) is 6.30. The van der Waals surface area contributed by atoms with Crippen LogP contribution < -0.4 is 4.74 Å². The van der Waals surface area contributed by atoms with Gasteiger partial charge in [0.1, 0.15) is 24.8 Å². The predicted molar refractivity (Wildman–Crippen MR) is 73.5 cm³/mol. The van der Waals surface area contributed by atoms with Crippen LogP contribution in [0.5, 0.6) is 5.75 Å². The molecule has 2 rings (SSSR count). The molecule has 0 fully saturated rings. The van der Waals surface area contributed by atoms with E-state index in [9.17, 15) is 9.18 Å². The molecule has 0 spiro atoms. The number of ketones is 1. The highest BCUT2D eigenvalue weighted by molar-refractivity contribution is 5.97. The van der Waals surface area contributed by atoms with E-state index in [1.54, 1.807) is 12.1 Å². The molecule has 0 heterocycles. The van der Waals surface area contributed by atoms with Crippen LogP contribution in [0.25, 0.3) is 0 Å². The lowest BCUT2D eigenvalue weighted by molar-refractivity contribution is 0.0684. The number of halogens is 1. The largest absolute Gasteiger partial charge is 0.491 e. The molecule has 0 saturated carbocycles. The van der Waals surface area contributed by atoms with Gasteiger partial charge in [-0.3, -0.25) is 4.79 Å². The van der Waals surface area contributed by atoms with Crippen LogP contribution in [-0.2, 0) is 4.74 Å². The van der Waals surface area contributed by atoms with Crippen molar-refractivity contribution in [3.8, 4) is 5.75 Å². The van der Waals surface area contributed by atoms with Crippen LogP contribution in [0.3, 0.4) is 0 Å². The maximum absolute atomic E-state index is 13.3. The number of hydrogen-bond acceptors (Lipinski definition) is 3. The number of carbonyl (C=O) groups is 1. The van der Waals surface area contributed by atoms with Crippen molar-refractivity contribution in [3.05, 3.63) is 66.0 Å². The Kier molecular flexibility index (Phi) is 5.26. The van der Waals surface area contributed by atoms with Gasteiger partial charge in [-0.2, -0.15) is 0 Å². The van der Waals surface area contributed by atoms with Crippen molar-refractivity contribution in [2.75, 3.05) is 19.8 Å². The van der Waals surface area contributed by atoms with Gasteiger partial charge in [0.05, 0.1) is 12.2 Å². The number of carbonyl (C=O) groups excluding carboxylic acids is 1. The highest BCUT2D eigenvalue weighted by atomic mass is 19.1. The maximum Gasteiger partial charge on any atom is 0.191 e. The topological polar surface area (TPSA) is 35.5 Å². The Labute approximate surface area is 117 Å². The minimum Gasteiger partial charge on any atom is -0.491 e. The fourth-order valence-electron chi connectivity index (χ4n) is 1.67. The molecule has 0 bridgehead atoms. The first-order valence-corrected chi connectivity index (χ1v) is 6.30. The van der Waals surface area contributed by atoms with Gasteiger partial charge in [-0.05, 0) is 24.3 Å². The van der Waals surface area contributed by atoms with Crippen LogP contribution in [-0.4, -0.2) is 25.6 Å². The second-order valence-electron chi connectivity index (χ2n) is 4.12. The van der Waals surface area contributed by atoms with Gasteiger partial charge >= 0.3 is 0 Å². The molecule has 0 atom stereocenters. The van der Waals surface area contributed by atoms with Crippen LogP contribution in [0.15, 0.2) is 54.6 Å². The van der Waals surface area contributed by atoms with E-state index >= 15 is 0 Å². The summed E-state index contributed by atoms with van der Waals surface area (Å²) in [6, 6.07) is 15.2. The quantitative estimate of drug-likeness (QED) is 0.575. The monoisotopic (exact) mass is 274 g/mol. The van der Waals surface area contributed by atoms with Crippen molar-refractivity contribution >= 4 is 5.78 Å². The zero-order valence-electron chi connectivity index (χ0n) is 10.9. The zero-order valence-corrected chi connectivity index (χ0v) is 10.9. The van der Waals surface area contributed by atoms with Crippen molar-refractivity contribution < 1.29 is 18.7 Å². The van der Waals surface area contributed by atoms with Crippen LogP contribution in [0, 0.1) is 5.82 Å². The Morgan fingerprint density at radius 1 is 0.950 bits per heavy atom. The van der Waals surface area contributed by atoms with E-state index in [1.165, 1.54) is 12.1 Å². The molecule has 0 amide bonds. The van der Waals surface area contributed by atoms with E-state index in [1.807, 2.05) is 30.3 Å². The van der Waals surface area contributed by atoms with Gasteiger partial charge in [-0.1, -0.05) is 30.3 Å². The van der Waals surface area contributed by atoms with Gasteiger partial charge in [0.25, 0.3) is 0 Å². The molecule has 104 valence electrons. The van der Waals surface area contributed by atoms with Crippen LogP contribution in [0.1, 0.15) is 10.4 Å². The number of rotatable bonds is 7. The average molecular weight is 274 g/mol. The lowest BCUT2D eigenvalue weighted by Gasteiger charge is -2.07. The fourth-order valence-corrected chi connectivity index (χ4v) is 1.67. The lowest BCUT2D eigenvalue weighted by atomic mass is 10.1. The second-order valence-corrected chi connectivity index (χ2v) is 4.12. The molecule has 0 radical (unpaired) electrons. The Hall–Kier alpha value is -2.20. The third-order valence-electron chi connectivity index (χ3n) is 2.65. The number of Topliss-reactive ketones (excluding diaryl/α,β-unsaturated/α-hetero) is 1. The first-order chi connectivity index (χ1) is 9.77. The summed E-state index contributed by atoms with van der Waals surface area (Å²) >= 11 is 0. The Balaban J connectivity index is 1.69. The van der Waals surface area contributed by atoms with E-state index in [0.717, 1.165) is 5.75 Å². The highest BCUT2D eigenvalue weighted by Crippen LogP contribution is 2.08. The summed E-state index contributed by atoms with van der Waals surface area (Å²) in [4.78, 5) is 11.7. The Morgan fingerprint density at radius 3 is 2.40 bits per heavy atom. The molecule has 3 nitrogen and oxygen atoms in total. The molecule has 4 heteroatoms. The van der Waals surface area contributed by atoms with E-state index in [4.69, 9.17) is 9.47 Å². The second kappa shape index (κ2) is 7.40. The lowest BCUT2D eigenvalue weighted by Crippen LogP contribution is -2.14. The summed E-state index contributed by atoms with van der Waals surface area (Å²) < 4.78 is 23.9. The molecule has 0 aliphatic carbocycles. The molecular formula is C16H15FO3. The summed E-state index contributed by atoms with van der Waals surface area (Å²) in [6.45, 7) is 0.461. The first kappa shape index (κ1) is 14.2. The van der Waals surface area contributed by atoms with Gasteiger partial charge in [-0.15, -0.1) is 0 Å². The van der Waals surface area contributed by atoms with Crippen LogP contribution in [0.4, 0.5) is 4.39 Å². The maximum atomic E-state index is 13.3. The number of para-hydroxylation sites is 1. The average Bonchev–Trinajstić information content (AvgIpc) is 2.48. The molecule has 2 aromatic rings. The Morgan fingerprint density at radius 2 is 1.65 bits per heavy atom. The molecule has 0 N–H and O–H groups in total. The van der Waals surface area contributed by atoms with Gasteiger partial charge in [0, 0.05) is 0 Å². The molecular weight excluding hydrogens is 259 g/mol. The molecule has 0 unspecified atom stereocenters. The molecule has 2 aromatic carbocycles. The number of ether oxygens (including phenoxy) is 2. The fraction of sp³-hybridized carbons (Fsp3) is 0.188. The smallest absolute Gasteiger partial charge is 0.191 e. The minimum absolute atomic E-state index is 0.0523. The third-order valence-corrected chi connectivity index (χ3v) is 2.65. The predicted octanol–water partition coefficient (Wildman–Crippen LogP) is 3.10. The van der Waals surface area contributed by atoms with Crippen molar-refractivity contribution in [1.29, 1.82) is 0 Å². The molecule has 0 saturated heterocycles. The molecule has 0 aliphatic rings. The summed E-state index contributed by atoms with van der Waals surface area (Å²) in [6.07, 6.45) is 0. The van der Waals surface area contributed by atoms with Gasteiger partial charge in [0.15, 0.2) is 5.78 Å². The Bertz CT molecular complexity index is 555. The molecule has 0 aliphatic heterocycles. The summed E-state index contributed by atoms with van der Waals surface area (Å²) in [7, 11) is 0. The summed E-state index contributed by atoms with van der Waals surface area (Å²) in [5.74, 6) is -0.152. The van der Waals surface area contributed by atoms with E-state index in [0.29, 0.717) is 6.61 Å². The summed E-state index contributed by atoms with van der Waals surface area (Å²) in [5.41, 5.74) is 0.0523. The van der Waals surface area contributed by atoms with E-state index in [2.05, 4.69) is 0 Å². The van der Waals surface area contributed by atoms with Gasteiger partial charge in [-0.25, -0.2) is 4.39 Å². The number of benzene rings is 2. The molecule has 0 aromatic heterocycles. The standard InChI is InChI=1S/C16H15FO3/c17-15-9-5-4-8-14(15)16(18)12-19-10-11-20-13-6-2-1-3-7-13/h1-9H,10-12H2. The minimum atomic E-state index is -0.526. The van der Waals surface area contributed by atoms with Crippen molar-refractivity contribution in [1.82, 2.24) is 0 Å². The zero-order chi connectivity index (χ0) is 14.2. The van der Waals surface area contributed by atoms with E-state index < -0.39 is 5.82 Å². The molecule has 20 heavy (non-hydrogen) atoms. The van der Waals surface area contributed by atoms with Crippen LogP contribution >= 0.6 is 0 Å².